The Bertz CT molecular complexity index is 66.4. The van der Waals surface area contributed by atoms with Crippen molar-refractivity contribution in [2.45, 2.75) is 13.0 Å². The summed E-state index contributed by atoms with van der Waals surface area (Å²) in [6.07, 6.45) is 0. The van der Waals surface area contributed by atoms with Crippen LogP contribution in [0, 0.1) is 0 Å². The summed E-state index contributed by atoms with van der Waals surface area (Å²) >= 11 is 0. The monoisotopic (exact) mass is 178 g/mol. The number of aliphatic hydroxyl groups is 1. The molecule has 0 aliphatic rings. The summed E-state index contributed by atoms with van der Waals surface area (Å²) in [7, 11) is 0. The Morgan fingerprint density at radius 2 is 1.83 bits per heavy atom. The highest BCUT2D eigenvalue weighted by Gasteiger charge is 1.79. The molecule has 8 N–H and O–H groups in total. The molecular weight excluding hydrogens is 156 g/mol. The van der Waals surface area contributed by atoms with Gasteiger partial charge in [0.1, 0.15) is 0 Å². The normalized spacial score (nSPS) is 11.8. The predicted molar refractivity (Wildman–Crippen MR) is 51.7 cm³/mol. The van der Waals surface area contributed by atoms with Crippen LogP contribution < -0.4 is 22.5 Å². The van der Waals surface area contributed by atoms with Crippen LogP contribution in [0.3, 0.4) is 0 Å². The van der Waals surface area contributed by atoms with E-state index in [1.54, 1.807) is 0 Å². The lowest BCUT2D eigenvalue weighted by Crippen LogP contribution is -2.25. The van der Waals surface area contributed by atoms with Gasteiger partial charge in [0.2, 0.25) is 0 Å². The fourth-order valence-corrected chi connectivity index (χ4v) is 0.306. The molecule has 0 heterocycles. The number of hydrogen-bond donors (Lipinski definition) is 5. The zero-order valence-electron chi connectivity index (χ0n) is 7.79. The Balaban J connectivity index is 0. The first-order valence-electron chi connectivity index (χ1n) is 4.16. The molecule has 5 heteroatoms. The zero-order chi connectivity index (χ0) is 9.82. The topological polar surface area (TPSA) is 110 Å². The van der Waals surface area contributed by atoms with Crippen molar-refractivity contribution in [2.24, 2.45) is 17.2 Å². The minimum atomic E-state index is 0.162. The number of rotatable bonds is 5. The van der Waals surface area contributed by atoms with Gasteiger partial charge in [-0.3, -0.25) is 0 Å². The van der Waals surface area contributed by atoms with Gasteiger partial charge in [-0.25, -0.2) is 0 Å². The minimum absolute atomic E-state index is 0.162. The molecule has 0 aromatic rings. The van der Waals surface area contributed by atoms with E-state index < -0.39 is 0 Å². The van der Waals surface area contributed by atoms with Gasteiger partial charge in [-0.2, -0.15) is 0 Å². The lowest BCUT2D eigenvalue weighted by Gasteiger charge is -1.95. The van der Waals surface area contributed by atoms with Crippen LogP contribution in [-0.4, -0.2) is 43.9 Å². The Kier molecular flexibility index (Phi) is 16.0. The van der Waals surface area contributed by atoms with E-state index in [0.29, 0.717) is 19.6 Å². The van der Waals surface area contributed by atoms with E-state index in [4.69, 9.17) is 22.3 Å². The summed E-state index contributed by atoms with van der Waals surface area (Å²) in [4.78, 5) is 0. The van der Waals surface area contributed by atoms with Crippen LogP contribution in [0.4, 0.5) is 0 Å². The second-order valence-electron chi connectivity index (χ2n) is 2.48. The third-order valence-corrected chi connectivity index (χ3v) is 0.981. The molecule has 0 spiro atoms. The van der Waals surface area contributed by atoms with Gasteiger partial charge in [-0.15, -0.1) is 0 Å². The summed E-state index contributed by atoms with van der Waals surface area (Å²) in [5.74, 6) is 0. The molecule has 0 amide bonds. The molecule has 0 aliphatic heterocycles. The summed E-state index contributed by atoms with van der Waals surface area (Å²) in [5.41, 5.74) is 15.3. The quantitative estimate of drug-likeness (QED) is 0.307. The standard InChI is InChI=1S/C4H12N2O.C3H10N2/c5-1-2-6-3-4-7;1-3(5)2-4/h6-7H,1-5H2;3H,2,4-5H2,1H3. The fourth-order valence-electron chi connectivity index (χ4n) is 0.306. The molecule has 0 bridgehead atoms. The van der Waals surface area contributed by atoms with Crippen molar-refractivity contribution in [1.29, 1.82) is 0 Å². The van der Waals surface area contributed by atoms with Crippen molar-refractivity contribution in [1.82, 2.24) is 5.32 Å². The van der Waals surface area contributed by atoms with Gasteiger partial charge in [-0.05, 0) is 6.92 Å². The molecule has 76 valence electrons. The Labute approximate surface area is 74.3 Å². The van der Waals surface area contributed by atoms with Crippen molar-refractivity contribution in [2.75, 3.05) is 32.8 Å². The maximum Gasteiger partial charge on any atom is 0.0555 e. The molecule has 12 heavy (non-hydrogen) atoms. The van der Waals surface area contributed by atoms with Crippen LogP contribution >= 0.6 is 0 Å². The number of nitrogens with two attached hydrogens (primary N) is 3. The minimum Gasteiger partial charge on any atom is -0.395 e. The predicted octanol–water partition coefficient (Wildman–Crippen LogP) is -2.18. The van der Waals surface area contributed by atoms with Crippen LogP contribution in [0.25, 0.3) is 0 Å². The van der Waals surface area contributed by atoms with E-state index in [1.165, 1.54) is 0 Å². The van der Waals surface area contributed by atoms with E-state index in [-0.39, 0.29) is 12.6 Å². The molecule has 1 unspecified atom stereocenters. The molecular formula is C7H22N4O. The first kappa shape index (κ1) is 14.3. The fraction of sp³-hybridized carbons (Fsp3) is 1.00. The van der Waals surface area contributed by atoms with Gasteiger partial charge in [0.25, 0.3) is 0 Å². The lowest BCUT2D eigenvalue weighted by atomic mass is 10.4. The van der Waals surface area contributed by atoms with E-state index in [1.807, 2.05) is 6.92 Å². The highest BCUT2D eigenvalue weighted by atomic mass is 16.3. The zero-order valence-corrected chi connectivity index (χ0v) is 7.79. The van der Waals surface area contributed by atoms with Crippen molar-refractivity contribution in [3.8, 4) is 0 Å². The molecule has 0 aliphatic carbocycles. The molecule has 0 fully saturated rings. The summed E-state index contributed by atoms with van der Waals surface area (Å²) in [5, 5.41) is 11.1. The number of nitrogens with one attached hydrogen (secondary N) is 1. The third kappa shape index (κ3) is 22.6. The maximum atomic E-state index is 8.19. The maximum absolute atomic E-state index is 8.19. The van der Waals surface area contributed by atoms with Crippen molar-refractivity contribution >= 4 is 0 Å². The van der Waals surface area contributed by atoms with Crippen LogP contribution in [0.5, 0.6) is 0 Å². The van der Waals surface area contributed by atoms with Gasteiger partial charge in [0.05, 0.1) is 6.61 Å². The van der Waals surface area contributed by atoms with Crippen molar-refractivity contribution < 1.29 is 5.11 Å². The number of aliphatic hydroxyl groups excluding tert-OH is 1. The molecule has 0 aromatic carbocycles. The number of hydrogen-bond acceptors (Lipinski definition) is 5. The second kappa shape index (κ2) is 13.4. The van der Waals surface area contributed by atoms with Gasteiger partial charge >= 0.3 is 0 Å². The molecule has 0 rings (SSSR count). The lowest BCUT2D eigenvalue weighted by molar-refractivity contribution is 0.293. The van der Waals surface area contributed by atoms with Crippen LogP contribution in [-0.2, 0) is 0 Å². The average molecular weight is 178 g/mol. The van der Waals surface area contributed by atoms with Crippen LogP contribution in [0.2, 0.25) is 0 Å². The third-order valence-electron chi connectivity index (χ3n) is 0.981. The van der Waals surface area contributed by atoms with Gasteiger partial charge in [0, 0.05) is 32.2 Å². The molecule has 0 saturated carbocycles. The van der Waals surface area contributed by atoms with Crippen molar-refractivity contribution in [3.63, 3.8) is 0 Å². The molecule has 0 radical (unpaired) electrons. The van der Waals surface area contributed by atoms with Crippen LogP contribution in [0.15, 0.2) is 0 Å². The Morgan fingerprint density at radius 1 is 1.33 bits per heavy atom. The van der Waals surface area contributed by atoms with Crippen LogP contribution in [0.1, 0.15) is 6.92 Å². The van der Waals surface area contributed by atoms with Gasteiger partial charge in [-0.1, -0.05) is 0 Å². The first-order chi connectivity index (χ1) is 5.68. The van der Waals surface area contributed by atoms with E-state index in [9.17, 15) is 0 Å². The summed E-state index contributed by atoms with van der Waals surface area (Å²) in [6.45, 7) is 4.73. The van der Waals surface area contributed by atoms with Crippen molar-refractivity contribution in [3.05, 3.63) is 0 Å². The molecule has 0 saturated heterocycles. The van der Waals surface area contributed by atoms with Gasteiger partial charge < -0.3 is 27.6 Å². The summed E-state index contributed by atoms with van der Waals surface area (Å²) < 4.78 is 0. The molecule has 1 atom stereocenters. The summed E-state index contributed by atoms with van der Waals surface area (Å²) in [6, 6.07) is 0.162. The highest BCUT2D eigenvalue weighted by Crippen LogP contribution is 1.59. The molecule has 0 aromatic heterocycles. The SMILES string of the molecule is CC(N)CN.NCCNCCO. The van der Waals surface area contributed by atoms with Gasteiger partial charge in [0.15, 0.2) is 0 Å². The molecule has 5 nitrogen and oxygen atoms in total. The average Bonchev–Trinajstić information content (AvgIpc) is 2.07. The second-order valence-corrected chi connectivity index (χ2v) is 2.48. The van der Waals surface area contributed by atoms with E-state index in [0.717, 1.165) is 6.54 Å². The smallest absolute Gasteiger partial charge is 0.0555 e. The largest absolute Gasteiger partial charge is 0.395 e. The Morgan fingerprint density at radius 3 is 2.08 bits per heavy atom. The van der Waals surface area contributed by atoms with E-state index in [2.05, 4.69) is 5.32 Å². The Hall–Kier alpha value is -0.200. The first-order valence-corrected chi connectivity index (χ1v) is 4.16. The highest BCUT2D eigenvalue weighted by molar-refractivity contribution is 4.48. The van der Waals surface area contributed by atoms with E-state index >= 15 is 0 Å².